The van der Waals surface area contributed by atoms with E-state index in [0.29, 0.717) is 12.0 Å². The molecule has 0 bridgehead atoms. The SMILES string of the molecule is CCc1c(C=CC(=O)O)ccc(O)c1Cl. The molecule has 1 aromatic rings. The second kappa shape index (κ2) is 4.84. The van der Waals surface area contributed by atoms with Gasteiger partial charge in [0.15, 0.2) is 0 Å². The van der Waals surface area contributed by atoms with Gasteiger partial charge >= 0.3 is 5.97 Å². The van der Waals surface area contributed by atoms with Crippen molar-refractivity contribution in [2.45, 2.75) is 13.3 Å². The molecular weight excluding hydrogens is 216 g/mol. The van der Waals surface area contributed by atoms with E-state index >= 15 is 0 Å². The van der Waals surface area contributed by atoms with Crippen LogP contribution in [0.3, 0.4) is 0 Å². The van der Waals surface area contributed by atoms with Crippen LogP contribution in [-0.2, 0) is 11.2 Å². The standard InChI is InChI=1S/C11H11ClO3/c1-2-8-7(4-6-10(14)15)3-5-9(13)11(8)12/h3-6,13H,2H2,1H3,(H,14,15). The summed E-state index contributed by atoms with van der Waals surface area (Å²) in [6.45, 7) is 1.89. The van der Waals surface area contributed by atoms with Gasteiger partial charge in [-0.2, -0.15) is 0 Å². The van der Waals surface area contributed by atoms with Gasteiger partial charge in [0.25, 0.3) is 0 Å². The number of phenolic OH excluding ortho intramolecular Hbond substituents is 1. The Kier molecular flexibility index (Phi) is 3.74. The molecule has 0 amide bonds. The van der Waals surface area contributed by atoms with Crippen molar-refractivity contribution in [3.63, 3.8) is 0 Å². The normalized spacial score (nSPS) is 10.8. The number of hydrogen-bond acceptors (Lipinski definition) is 2. The number of aromatic hydroxyl groups is 1. The van der Waals surface area contributed by atoms with Gasteiger partial charge in [0.05, 0.1) is 5.02 Å². The van der Waals surface area contributed by atoms with Crippen molar-refractivity contribution < 1.29 is 15.0 Å². The molecule has 0 saturated carbocycles. The summed E-state index contributed by atoms with van der Waals surface area (Å²) in [7, 11) is 0. The molecule has 1 rings (SSSR count). The molecule has 0 atom stereocenters. The second-order valence-electron chi connectivity index (χ2n) is 2.99. The molecule has 3 nitrogen and oxygen atoms in total. The number of carboxylic acid groups (broad SMARTS) is 1. The largest absolute Gasteiger partial charge is 0.506 e. The monoisotopic (exact) mass is 226 g/mol. The van der Waals surface area contributed by atoms with Crippen LogP contribution in [0.4, 0.5) is 0 Å². The maximum Gasteiger partial charge on any atom is 0.328 e. The lowest BCUT2D eigenvalue weighted by Gasteiger charge is -2.07. The molecule has 2 N–H and O–H groups in total. The molecule has 0 spiro atoms. The first kappa shape index (κ1) is 11.6. The number of rotatable bonds is 3. The molecule has 15 heavy (non-hydrogen) atoms. The predicted molar refractivity (Wildman–Crippen MR) is 59.2 cm³/mol. The van der Waals surface area contributed by atoms with Gasteiger partial charge in [-0.3, -0.25) is 0 Å². The van der Waals surface area contributed by atoms with Crippen LogP contribution in [0.25, 0.3) is 6.08 Å². The average molecular weight is 227 g/mol. The third kappa shape index (κ3) is 2.73. The van der Waals surface area contributed by atoms with Crippen molar-refractivity contribution >= 4 is 23.6 Å². The average Bonchev–Trinajstić information content (AvgIpc) is 2.19. The van der Waals surface area contributed by atoms with Gasteiger partial charge < -0.3 is 10.2 Å². The Morgan fingerprint density at radius 3 is 2.73 bits per heavy atom. The molecule has 0 heterocycles. The Hall–Kier alpha value is -1.48. The minimum Gasteiger partial charge on any atom is -0.506 e. The lowest BCUT2D eigenvalue weighted by atomic mass is 10.0. The molecule has 0 saturated heterocycles. The summed E-state index contributed by atoms with van der Waals surface area (Å²) < 4.78 is 0. The molecule has 0 aromatic heterocycles. The van der Waals surface area contributed by atoms with Gasteiger partial charge in [-0.05, 0) is 29.7 Å². The highest BCUT2D eigenvalue weighted by molar-refractivity contribution is 6.33. The molecule has 0 aliphatic carbocycles. The summed E-state index contributed by atoms with van der Waals surface area (Å²) in [5.74, 6) is -0.998. The van der Waals surface area contributed by atoms with E-state index in [1.807, 2.05) is 6.92 Å². The Morgan fingerprint density at radius 1 is 1.53 bits per heavy atom. The molecule has 80 valence electrons. The number of carboxylic acids is 1. The highest BCUT2D eigenvalue weighted by atomic mass is 35.5. The van der Waals surface area contributed by atoms with E-state index in [-0.39, 0.29) is 10.8 Å². The summed E-state index contributed by atoms with van der Waals surface area (Å²) in [6.07, 6.45) is 3.14. The van der Waals surface area contributed by atoms with Crippen LogP contribution in [0.2, 0.25) is 5.02 Å². The van der Waals surface area contributed by atoms with Crippen molar-refractivity contribution in [1.82, 2.24) is 0 Å². The van der Waals surface area contributed by atoms with Crippen LogP contribution in [0.5, 0.6) is 5.75 Å². The predicted octanol–water partition coefficient (Wildman–Crippen LogP) is 2.71. The highest BCUT2D eigenvalue weighted by Crippen LogP contribution is 2.30. The first-order chi connectivity index (χ1) is 7.06. The van der Waals surface area contributed by atoms with E-state index in [4.69, 9.17) is 16.7 Å². The fraction of sp³-hybridized carbons (Fsp3) is 0.182. The van der Waals surface area contributed by atoms with Crippen LogP contribution in [0.1, 0.15) is 18.1 Å². The zero-order valence-electron chi connectivity index (χ0n) is 8.20. The summed E-state index contributed by atoms with van der Waals surface area (Å²) in [4.78, 5) is 10.4. The van der Waals surface area contributed by atoms with Crippen LogP contribution < -0.4 is 0 Å². The van der Waals surface area contributed by atoms with Crippen LogP contribution in [0.15, 0.2) is 18.2 Å². The summed E-state index contributed by atoms with van der Waals surface area (Å²) >= 11 is 5.88. The first-order valence-corrected chi connectivity index (χ1v) is 4.85. The quantitative estimate of drug-likeness (QED) is 0.780. The van der Waals surface area contributed by atoms with Gasteiger partial charge in [0, 0.05) is 6.08 Å². The topological polar surface area (TPSA) is 57.5 Å². The van der Waals surface area contributed by atoms with Gasteiger partial charge in [0.1, 0.15) is 5.75 Å². The van der Waals surface area contributed by atoms with Gasteiger partial charge in [-0.25, -0.2) is 4.79 Å². The van der Waals surface area contributed by atoms with Crippen molar-refractivity contribution in [3.8, 4) is 5.75 Å². The van der Waals surface area contributed by atoms with Crippen LogP contribution in [-0.4, -0.2) is 16.2 Å². The minimum absolute atomic E-state index is 0.0148. The smallest absolute Gasteiger partial charge is 0.328 e. The second-order valence-corrected chi connectivity index (χ2v) is 3.37. The van der Waals surface area contributed by atoms with Gasteiger partial charge in [-0.15, -0.1) is 0 Å². The van der Waals surface area contributed by atoms with Gasteiger partial charge in [-0.1, -0.05) is 24.6 Å². The van der Waals surface area contributed by atoms with E-state index in [0.717, 1.165) is 11.6 Å². The lowest BCUT2D eigenvalue weighted by Crippen LogP contribution is -1.91. The molecule has 0 unspecified atom stereocenters. The Balaban J connectivity index is 3.19. The van der Waals surface area contributed by atoms with Crippen molar-refractivity contribution in [2.75, 3.05) is 0 Å². The maximum absolute atomic E-state index is 10.4. The number of aliphatic carboxylic acids is 1. The number of benzene rings is 1. The van der Waals surface area contributed by atoms with Crippen LogP contribution >= 0.6 is 11.6 Å². The summed E-state index contributed by atoms with van der Waals surface area (Å²) in [5, 5.41) is 18.1. The Morgan fingerprint density at radius 2 is 2.20 bits per heavy atom. The van der Waals surface area contributed by atoms with E-state index in [1.54, 1.807) is 6.07 Å². The molecule has 1 aromatic carbocycles. The molecule has 0 radical (unpaired) electrons. The fourth-order valence-electron chi connectivity index (χ4n) is 1.30. The minimum atomic E-state index is -1.01. The third-order valence-electron chi connectivity index (χ3n) is 2.02. The molecular formula is C11H11ClO3. The Labute approximate surface area is 92.6 Å². The van der Waals surface area contributed by atoms with E-state index in [1.165, 1.54) is 12.1 Å². The summed E-state index contributed by atoms with van der Waals surface area (Å²) in [5.41, 5.74) is 1.46. The molecule has 0 aliphatic rings. The molecule has 0 aliphatic heterocycles. The number of halogens is 1. The van der Waals surface area contributed by atoms with E-state index in [2.05, 4.69) is 0 Å². The van der Waals surface area contributed by atoms with E-state index in [9.17, 15) is 9.90 Å². The molecule has 4 heteroatoms. The van der Waals surface area contributed by atoms with Crippen molar-refractivity contribution in [3.05, 3.63) is 34.4 Å². The van der Waals surface area contributed by atoms with E-state index < -0.39 is 5.97 Å². The first-order valence-electron chi connectivity index (χ1n) is 4.47. The molecule has 0 fully saturated rings. The number of carbonyl (C=O) groups is 1. The number of phenols is 1. The highest BCUT2D eigenvalue weighted by Gasteiger charge is 2.07. The lowest BCUT2D eigenvalue weighted by molar-refractivity contribution is -0.131. The van der Waals surface area contributed by atoms with Crippen molar-refractivity contribution in [1.29, 1.82) is 0 Å². The van der Waals surface area contributed by atoms with Crippen molar-refractivity contribution in [2.24, 2.45) is 0 Å². The zero-order chi connectivity index (χ0) is 11.4. The third-order valence-corrected chi connectivity index (χ3v) is 2.44. The fourth-order valence-corrected chi connectivity index (χ4v) is 1.61. The Bertz CT molecular complexity index is 411. The van der Waals surface area contributed by atoms with Crippen LogP contribution in [0, 0.1) is 0 Å². The maximum atomic E-state index is 10.4. The zero-order valence-corrected chi connectivity index (χ0v) is 8.95. The summed E-state index contributed by atoms with van der Waals surface area (Å²) in [6, 6.07) is 3.09. The van der Waals surface area contributed by atoms with Gasteiger partial charge in [0.2, 0.25) is 0 Å². The number of hydrogen-bond donors (Lipinski definition) is 2.